The van der Waals surface area contributed by atoms with E-state index in [4.69, 9.17) is 5.11 Å². The predicted molar refractivity (Wildman–Crippen MR) is 63.8 cm³/mol. The topological polar surface area (TPSA) is 75.1 Å². The van der Waals surface area contributed by atoms with E-state index >= 15 is 0 Å². The molecule has 0 amide bonds. The van der Waals surface area contributed by atoms with Crippen molar-refractivity contribution in [1.82, 2.24) is 9.36 Å². The summed E-state index contributed by atoms with van der Waals surface area (Å²) >= 11 is 1.35. The Kier molecular flexibility index (Phi) is 5.18. The molecule has 0 aliphatic heterocycles. The van der Waals surface area contributed by atoms with E-state index in [1.807, 2.05) is 13.8 Å². The standard InChI is InChI=1S/C10H17N3O2S/c1-3-8-12-10(16-13-8)11-6-7(2)4-5-9(14)15/h7H,3-6H2,1-2H3,(H,14,15)(H,11,12,13). The Morgan fingerprint density at radius 3 is 2.94 bits per heavy atom. The first-order valence-corrected chi connectivity index (χ1v) is 6.17. The molecule has 1 aromatic heterocycles. The SMILES string of the molecule is CCc1nsc(NCC(C)CCC(=O)O)n1. The van der Waals surface area contributed by atoms with Crippen molar-refractivity contribution in [3.63, 3.8) is 0 Å². The average molecular weight is 243 g/mol. The molecule has 0 spiro atoms. The highest BCUT2D eigenvalue weighted by Gasteiger charge is 2.07. The van der Waals surface area contributed by atoms with Crippen molar-refractivity contribution in [3.05, 3.63) is 5.82 Å². The van der Waals surface area contributed by atoms with E-state index in [2.05, 4.69) is 14.7 Å². The van der Waals surface area contributed by atoms with Gasteiger partial charge in [-0.15, -0.1) is 0 Å². The van der Waals surface area contributed by atoms with E-state index in [1.54, 1.807) is 0 Å². The number of nitrogens with one attached hydrogen (secondary N) is 1. The molecule has 6 heteroatoms. The first-order valence-electron chi connectivity index (χ1n) is 5.40. The van der Waals surface area contributed by atoms with Crippen LogP contribution in [0.3, 0.4) is 0 Å². The van der Waals surface area contributed by atoms with Crippen molar-refractivity contribution >= 4 is 22.6 Å². The molecule has 0 aliphatic carbocycles. The van der Waals surface area contributed by atoms with Gasteiger partial charge in [0.2, 0.25) is 5.13 Å². The summed E-state index contributed by atoms with van der Waals surface area (Å²) in [4.78, 5) is 14.7. The summed E-state index contributed by atoms with van der Waals surface area (Å²) in [5.74, 6) is 0.437. The van der Waals surface area contributed by atoms with Crippen molar-refractivity contribution in [2.75, 3.05) is 11.9 Å². The van der Waals surface area contributed by atoms with E-state index in [9.17, 15) is 4.79 Å². The van der Waals surface area contributed by atoms with Gasteiger partial charge < -0.3 is 10.4 Å². The second-order valence-corrected chi connectivity index (χ2v) is 4.54. The lowest BCUT2D eigenvalue weighted by molar-refractivity contribution is -0.137. The molecule has 2 N–H and O–H groups in total. The molecule has 0 saturated heterocycles. The van der Waals surface area contributed by atoms with Gasteiger partial charge in [0.05, 0.1) is 0 Å². The van der Waals surface area contributed by atoms with Crippen LogP contribution in [0.1, 0.15) is 32.5 Å². The Morgan fingerprint density at radius 1 is 1.62 bits per heavy atom. The summed E-state index contributed by atoms with van der Waals surface area (Å²) in [5, 5.41) is 12.5. The van der Waals surface area contributed by atoms with Gasteiger partial charge in [0, 0.05) is 30.9 Å². The maximum atomic E-state index is 10.4. The number of rotatable bonds is 7. The van der Waals surface area contributed by atoms with Crippen LogP contribution >= 0.6 is 11.5 Å². The second kappa shape index (κ2) is 6.42. The molecule has 1 unspecified atom stereocenters. The van der Waals surface area contributed by atoms with Gasteiger partial charge in [-0.25, -0.2) is 4.98 Å². The molecule has 0 aromatic carbocycles. The monoisotopic (exact) mass is 243 g/mol. The van der Waals surface area contributed by atoms with Gasteiger partial charge in [-0.2, -0.15) is 4.37 Å². The molecule has 0 bridgehead atoms. The van der Waals surface area contributed by atoms with Crippen LogP contribution in [0.5, 0.6) is 0 Å². The van der Waals surface area contributed by atoms with Crippen LogP contribution < -0.4 is 5.32 Å². The second-order valence-electron chi connectivity index (χ2n) is 3.79. The number of hydrogen-bond acceptors (Lipinski definition) is 5. The molecule has 0 aliphatic rings. The van der Waals surface area contributed by atoms with E-state index < -0.39 is 5.97 Å². The van der Waals surface area contributed by atoms with Crippen molar-refractivity contribution in [2.24, 2.45) is 5.92 Å². The van der Waals surface area contributed by atoms with E-state index in [-0.39, 0.29) is 6.42 Å². The molecule has 90 valence electrons. The number of carboxylic acids is 1. The summed E-state index contributed by atoms with van der Waals surface area (Å²) in [6.45, 7) is 4.78. The number of aryl methyl sites for hydroxylation is 1. The van der Waals surface area contributed by atoms with Crippen LogP contribution in [0.2, 0.25) is 0 Å². The highest BCUT2D eigenvalue weighted by atomic mass is 32.1. The smallest absolute Gasteiger partial charge is 0.303 e. The van der Waals surface area contributed by atoms with Gasteiger partial charge in [-0.3, -0.25) is 4.79 Å². The lowest BCUT2D eigenvalue weighted by atomic mass is 10.1. The Labute approximate surface area is 99.1 Å². The first-order chi connectivity index (χ1) is 7.61. The minimum absolute atomic E-state index is 0.221. The highest BCUT2D eigenvalue weighted by molar-refractivity contribution is 7.09. The van der Waals surface area contributed by atoms with Crippen LogP contribution in [-0.4, -0.2) is 27.0 Å². The molecule has 1 heterocycles. The summed E-state index contributed by atoms with van der Waals surface area (Å²) in [6.07, 6.45) is 1.74. The zero-order valence-electron chi connectivity index (χ0n) is 9.56. The molecular formula is C10H17N3O2S. The maximum absolute atomic E-state index is 10.4. The Morgan fingerprint density at radius 2 is 2.38 bits per heavy atom. The summed E-state index contributed by atoms with van der Waals surface area (Å²) in [5.41, 5.74) is 0. The summed E-state index contributed by atoms with van der Waals surface area (Å²) in [7, 11) is 0. The number of nitrogens with zero attached hydrogens (tertiary/aromatic N) is 2. The normalized spacial score (nSPS) is 12.4. The number of aliphatic carboxylic acids is 1. The molecule has 0 fully saturated rings. The lowest BCUT2D eigenvalue weighted by Gasteiger charge is -2.09. The fourth-order valence-electron chi connectivity index (χ4n) is 1.20. The molecule has 16 heavy (non-hydrogen) atoms. The average Bonchev–Trinajstić information content (AvgIpc) is 2.71. The zero-order valence-corrected chi connectivity index (χ0v) is 10.4. The predicted octanol–water partition coefficient (Wildman–Crippen LogP) is 2.01. The van der Waals surface area contributed by atoms with E-state index in [0.29, 0.717) is 12.3 Å². The summed E-state index contributed by atoms with van der Waals surface area (Å²) in [6, 6.07) is 0. The third-order valence-corrected chi connectivity index (χ3v) is 2.95. The highest BCUT2D eigenvalue weighted by Crippen LogP contribution is 2.13. The van der Waals surface area contributed by atoms with Crippen LogP contribution in [0, 0.1) is 5.92 Å². The number of carbonyl (C=O) groups is 1. The van der Waals surface area contributed by atoms with Gasteiger partial charge in [0.25, 0.3) is 0 Å². The number of aromatic nitrogens is 2. The first kappa shape index (κ1) is 12.9. The molecule has 1 aromatic rings. The van der Waals surface area contributed by atoms with Gasteiger partial charge >= 0.3 is 5.97 Å². The summed E-state index contributed by atoms with van der Waals surface area (Å²) < 4.78 is 4.16. The number of carboxylic acid groups (broad SMARTS) is 1. The Bertz CT molecular complexity index is 341. The third kappa shape index (κ3) is 4.57. The molecule has 0 saturated carbocycles. The fourth-order valence-corrected chi connectivity index (χ4v) is 1.86. The Hall–Kier alpha value is -1.17. The van der Waals surface area contributed by atoms with Gasteiger partial charge in [0.15, 0.2) is 0 Å². The molecule has 0 radical (unpaired) electrons. The third-order valence-electron chi connectivity index (χ3n) is 2.24. The number of hydrogen-bond donors (Lipinski definition) is 2. The van der Waals surface area contributed by atoms with Crippen LogP contribution in [0.15, 0.2) is 0 Å². The Balaban J connectivity index is 2.25. The van der Waals surface area contributed by atoms with Crippen LogP contribution in [0.25, 0.3) is 0 Å². The molecule has 1 rings (SSSR count). The van der Waals surface area contributed by atoms with Gasteiger partial charge in [0.1, 0.15) is 5.82 Å². The van der Waals surface area contributed by atoms with Crippen molar-refractivity contribution in [2.45, 2.75) is 33.1 Å². The van der Waals surface area contributed by atoms with Crippen molar-refractivity contribution in [1.29, 1.82) is 0 Å². The molecular weight excluding hydrogens is 226 g/mol. The molecule has 5 nitrogen and oxygen atoms in total. The van der Waals surface area contributed by atoms with E-state index in [1.165, 1.54) is 11.5 Å². The largest absolute Gasteiger partial charge is 0.481 e. The minimum Gasteiger partial charge on any atom is -0.481 e. The maximum Gasteiger partial charge on any atom is 0.303 e. The van der Waals surface area contributed by atoms with Crippen molar-refractivity contribution < 1.29 is 9.90 Å². The van der Waals surface area contributed by atoms with Crippen LogP contribution in [0.4, 0.5) is 5.13 Å². The molecule has 1 atom stereocenters. The van der Waals surface area contributed by atoms with Crippen LogP contribution in [-0.2, 0) is 11.2 Å². The van der Waals surface area contributed by atoms with Gasteiger partial charge in [-0.05, 0) is 12.3 Å². The minimum atomic E-state index is -0.740. The van der Waals surface area contributed by atoms with Gasteiger partial charge in [-0.1, -0.05) is 13.8 Å². The van der Waals surface area contributed by atoms with Crippen molar-refractivity contribution in [3.8, 4) is 0 Å². The fraction of sp³-hybridized carbons (Fsp3) is 0.700. The lowest BCUT2D eigenvalue weighted by Crippen LogP contribution is -2.12. The quantitative estimate of drug-likeness (QED) is 0.766. The zero-order chi connectivity index (χ0) is 12.0. The van der Waals surface area contributed by atoms with E-state index in [0.717, 1.165) is 23.9 Å². The number of anilines is 1.